The number of aromatic nitrogens is 1. The van der Waals surface area contributed by atoms with E-state index in [2.05, 4.69) is 4.98 Å². The van der Waals surface area contributed by atoms with Crippen molar-refractivity contribution >= 4 is 16.0 Å². The molecule has 0 aliphatic heterocycles. The van der Waals surface area contributed by atoms with E-state index in [4.69, 9.17) is 5.84 Å². The van der Waals surface area contributed by atoms with Crippen LogP contribution in [0.4, 0.5) is 0 Å². The van der Waals surface area contributed by atoms with Gasteiger partial charge in [0.05, 0.1) is 10.6 Å². The van der Waals surface area contributed by atoms with Crippen molar-refractivity contribution in [2.75, 3.05) is 0 Å². The topological polar surface area (TPSA) is 122 Å². The number of amides is 1. The highest BCUT2D eigenvalue weighted by molar-refractivity contribution is 7.85. The summed E-state index contributed by atoms with van der Waals surface area (Å²) in [7, 11) is -4.32. The highest BCUT2D eigenvalue weighted by Gasteiger charge is 2.17. The number of rotatable bonds is 3. The molecule has 1 aromatic heterocycles. The van der Waals surface area contributed by atoms with Crippen LogP contribution < -0.4 is 11.3 Å². The minimum absolute atomic E-state index is 0.199. The number of hydrogen-bond acceptors (Lipinski definition) is 5. The smallest absolute Gasteiger partial charge is 0.290 e. The molecule has 0 aliphatic carbocycles. The van der Waals surface area contributed by atoms with Crippen LogP contribution in [0, 0.1) is 6.92 Å². The standard InChI is InChI=1S/C13H13N3O4S/c1-8-10(3-2-4-12(8)21(18,19)20)11-7-9(5-6-15-11)13(17)16-14/h2-7H,14H2,1H3,(H,16,17)(H,18,19,20). The molecule has 2 aromatic rings. The maximum Gasteiger partial charge on any atom is 0.294 e. The summed E-state index contributed by atoms with van der Waals surface area (Å²) in [5, 5.41) is 0. The second-order valence-electron chi connectivity index (χ2n) is 4.31. The SMILES string of the molecule is Cc1c(-c2cc(C(=O)NN)ccn2)cccc1S(=O)(=O)O. The fourth-order valence-corrected chi connectivity index (χ4v) is 2.72. The van der Waals surface area contributed by atoms with Crippen LogP contribution in [-0.2, 0) is 10.1 Å². The van der Waals surface area contributed by atoms with E-state index in [1.54, 1.807) is 13.0 Å². The van der Waals surface area contributed by atoms with Crippen LogP contribution in [-0.4, -0.2) is 23.9 Å². The molecule has 1 aromatic carbocycles. The lowest BCUT2D eigenvalue weighted by Gasteiger charge is -2.09. The Morgan fingerprint density at radius 1 is 1.33 bits per heavy atom. The van der Waals surface area contributed by atoms with E-state index in [-0.39, 0.29) is 4.90 Å². The number of nitrogens with zero attached hydrogens (tertiary/aromatic N) is 1. The van der Waals surface area contributed by atoms with Gasteiger partial charge in [-0.2, -0.15) is 8.42 Å². The van der Waals surface area contributed by atoms with Crippen molar-refractivity contribution in [1.29, 1.82) is 0 Å². The Labute approximate surface area is 121 Å². The number of hydrogen-bond donors (Lipinski definition) is 3. The number of hydrazine groups is 1. The molecule has 1 heterocycles. The normalized spacial score (nSPS) is 11.2. The number of carbonyl (C=O) groups is 1. The molecule has 110 valence electrons. The molecule has 21 heavy (non-hydrogen) atoms. The first-order valence-electron chi connectivity index (χ1n) is 5.89. The minimum Gasteiger partial charge on any atom is -0.290 e. The number of nitrogen functional groups attached to an aromatic ring is 1. The first kappa shape index (κ1) is 15.1. The second kappa shape index (κ2) is 5.60. The zero-order valence-electron chi connectivity index (χ0n) is 11.1. The molecular formula is C13H13N3O4S. The van der Waals surface area contributed by atoms with Gasteiger partial charge in [-0.1, -0.05) is 12.1 Å². The van der Waals surface area contributed by atoms with Gasteiger partial charge in [0.25, 0.3) is 16.0 Å². The summed E-state index contributed by atoms with van der Waals surface area (Å²) in [5.41, 5.74) is 3.54. The van der Waals surface area contributed by atoms with Crippen LogP contribution in [0.25, 0.3) is 11.3 Å². The Bertz CT molecular complexity index is 803. The second-order valence-corrected chi connectivity index (χ2v) is 5.70. The first-order chi connectivity index (χ1) is 9.84. The first-order valence-corrected chi connectivity index (χ1v) is 7.33. The van der Waals surface area contributed by atoms with E-state index in [1.165, 1.54) is 30.5 Å². The quantitative estimate of drug-likeness (QED) is 0.335. The van der Waals surface area contributed by atoms with E-state index in [0.717, 1.165) is 0 Å². The fourth-order valence-electron chi connectivity index (χ4n) is 1.97. The molecule has 0 aliphatic rings. The summed E-state index contributed by atoms with van der Waals surface area (Å²) in [4.78, 5) is 15.4. The van der Waals surface area contributed by atoms with Crippen LogP contribution in [0.5, 0.6) is 0 Å². The Hall–Kier alpha value is -2.29. The molecule has 0 fully saturated rings. The van der Waals surface area contributed by atoms with Crippen molar-refractivity contribution in [3.63, 3.8) is 0 Å². The molecule has 0 bridgehead atoms. The Balaban J connectivity index is 2.61. The van der Waals surface area contributed by atoms with Crippen molar-refractivity contribution in [1.82, 2.24) is 10.4 Å². The summed E-state index contributed by atoms with van der Waals surface area (Å²) in [5.74, 6) is 4.59. The predicted molar refractivity (Wildman–Crippen MR) is 75.9 cm³/mol. The summed E-state index contributed by atoms with van der Waals surface area (Å²) in [6.07, 6.45) is 1.42. The Kier molecular flexibility index (Phi) is 4.03. The largest absolute Gasteiger partial charge is 0.294 e. The molecule has 0 atom stereocenters. The Morgan fingerprint density at radius 2 is 2.05 bits per heavy atom. The monoisotopic (exact) mass is 307 g/mol. The lowest BCUT2D eigenvalue weighted by Crippen LogP contribution is -2.29. The van der Waals surface area contributed by atoms with E-state index >= 15 is 0 Å². The molecule has 7 nitrogen and oxygen atoms in total. The molecule has 4 N–H and O–H groups in total. The van der Waals surface area contributed by atoms with Crippen molar-refractivity contribution < 1.29 is 17.8 Å². The molecule has 0 radical (unpaired) electrons. The summed E-state index contributed by atoms with van der Waals surface area (Å²) in [6, 6.07) is 7.40. The molecule has 0 saturated heterocycles. The average molecular weight is 307 g/mol. The van der Waals surface area contributed by atoms with E-state index in [1.807, 2.05) is 5.43 Å². The fraction of sp³-hybridized carbons (Fsp3) is 0.0769. The van der Waals surface area contributed by atoms with Crippen LogP contribution >= 0.6 is 0 Å². The molecule has 2 rings (SSSR count). The third-order valence-electron chi connectivity index (χ3n) is 2.99. The van der Waals surface area contributed by atoms with Crippen LogP contribution in [0.1, 0.15) is 15.9 Å². The lowest BCUT2D eigenvalue weighted by molar-refractivity contribution is 0.0953. The van der Waals surface area contributed by atoms with Crippen molar-refractivity contribution in [3.8, 4) is 11.3 Å². The van der Waals surface area contributed by atoms with Crippen molar-refractivity contribution in [3.05, 3.63) is 47.7 Å². The third kappa shape index (κ3) is 3.07. The number of nitrogens with two attached hydrogens (primary N) is 1. The minimum atomic E-state index is -4.32. The van der Waals surface area contributed by atoms with Crippen molar-refractivity contribution in [2.45, 2.75) is 11.8 Å². The van der Waals surface area contributed by atoms with Crippen molar-refractivity contribution in [2.24, 2.45) is 5.84 Å². The van der Waals surface area contributed by atoms with Crippen LogP contribution in [0.3, 0.4) is 0 Å². The number of carbonyl (C=O) groups excluding carboxylic acids is 1. The van der Waals surface area contributed by atoms with Gasteiger partial charge in [-0.25, -0.2) is 5.84 Å². The van der Waals surface area contributed by atoms with Crippen LogP contribution in [0.15, 0.2) is 41.4 Å². The van der Waals surface area contributed by atoms with Gasteiger partial charge in [0.1, 0.15) is 0 Å². The zero-order chi connectivity index (χ0) is 15.6. The number of benzene rings is 1. The van der Waals surface area contributed by atoms with Gasteiger partial charge in [0, 0.05) is 17.3 Å². The van der Waals surface area contributed by atoms with E-state index < -0.39 is 16.0 Å². The van der Waals surface area contributed by atoms with Gasteiger partial charge >= 0.3 is 0 Å². The Morgan fingerprint density at radius 3 is 2.67 bits per heavy atom. The van der Waals surface area contributed by atoms with Gasteiger partial charge in [-0.3, -0.25) is 19.8 Å². The molecule has 8 heteroatoms. The maximum atomic E-state index is 11.5. The van der Waals surface area contributed by atoms with Gasteiger partial charge in [0.15, 0.2) is 0 Å². The van der Waals surface area contributed by atoms with E-state index in [0.29, 0.717) is 22.4 Å². The highest BCUT2D eigenvalue weighted by atomic mass is 32.2. The molecule has 0 spiro atoms. The number of nitrogens with one attached hydrogen (secondary N) is 1. The van der Waals surface area contributed by atoms with Gasteiger partial charge in [-0.05, 0) is 30.7 Å². The molecule has 0 saturated carbocycles. The number of pyridine rings is 1. The zero-order valence-corrected chi connectivity index (χ0v) is 11.9. The van der Waals surface area contributed by atoms with Gasteiger partial charge in [0.2, 0.25) is 0 Å². The summed E-state index contributed by atoms with van der Waals surface area (Å²) >= 11 is 0. The third-order valence-corrected chi connectivity index (χ3v) is 3.99. The molecule has 1 amide bonds. The predicted octanol–water partition coefficient (Wildman–Crippen LogP) is 0.907. The summed E-state index contributed by atoms with van der Waals surface area (Å²) in [6.45, 7) is 1.55. The highest BCUT2D eigenvalue weighted by Crippen LogP contribution is 2.27. The maximum absolute atomic E-state index is 11.5. The molecular weight excluding hydrogens is 294 g/mol. The van der Waals surface area contributed by atoms with Crippen LogP contribution in [0.2, 0.25) is 0 Å². The summed E-state index contributed by atoms with van der Waals surface area (Å²) < 4.78 is 31.8. The van der Waals surface area contributed by atoms with E-state index in [9.17, 15) is 17.8 Å². The van der Waals surface area contributed by atoms with Gasteiger partial charge < -0.3 is 0 Å². The molecule has 0 unspecified atom stereocenters. The van der Waals surface area contributed by atoms with Gasteiger partial charge in [-0.15, -0.1) is 0 Å². The lowest BCUT2D eigenvalue weighted by atomic mass is 10.0. The average Bonchev–Trinajstić information content (AvgIpc) is 2.45.